The molecule has 11 rings (SSSR count). The molecular formula is C91H136F4N14O5. The van der Waals surface area contributed by atoms with E-state index in [-0.39, 0.29) is 40.7 Å². The van der Waals surface area contributed by atoms with Gasteiger partial charge in [-0.1, -0.05) is 263 Å². The molecule has 0 saturated heterocycles. The molecule has 114 heavy (non-hydrogen) atoms. The molecule has 2 aliphatic heterocycles. The van der Waals surface area contributed by atoms with Crippen molar-refractivity contribution in [2.45, 2.75) is 328 Å². The first kappa shape index (κ1) is 97.5. The molecule has 23 heteroatoms. The second-order valence-corrected chi connectivity index (χ2v) is 34.0. The lowest BCUT2D eigenvalue weighted by Gasteiger charge is -2.18. The molecule has 0 fully saturated rings. The van der Waals surface area contributed by atoms with E-state index in [1.165, 1.54) is 16.6 Å². The Morgan fingerprint density at radius 2 is 0.737 bits per heavy atom. The van der Waals surface area contributed by atoms with Crippen molar-refractivity contribution in [3.05, 3.63) is 175 Å². The zero-order chi connectivity index (χ0) is 86.3. The van der Waals surface area contributed by atoms with Crippen LogP contribution in [0.4, 0.5) is 17.6 Å². The van der Waals surface area contributed by atoms with E-state index in [9.17, 15) is 17.6 Å². The van der Waals surface area contributed by atoms with Gasteiger partial charge in [-0.3, -0.25) is 15.0 Å². The van der Waals surface area contributed by atoms with Crippen molar-refractivity contribution in [3.63, 3.8) is 0 Å². The minimum Gasteiger partial charge on any atom is -0.495 e. The second kappa shape index (κ2) is 44.3. The number of hydrogen-bond donors (Lipinski definition) is 0. The predicted molar refractivity (Wildman–Crippen MR) is 453 cm³/mol. The average Bonchev–Trinajstić information content (AvgIpc) is 1.59. The highest BCUT2D eigenvalue weighted by Crippen LogP contribution is 2.51. The molecule has 9 aromatic rings. The SMILES string of the molecule is CC(C)c1ccc(C(C)C)c2c1OC(F)(F)O2.CC(C)c1ccc(C(C)C)c2c1OCC2(F)F.CC(C)c1ccc(C(C)C)c2c1nnn2C.CC(C)c1ccc(C(C)C)nn1.CC(C)c1cnc(C(C)C)cn1.CC(C)c1cnc(C(C)C)nn1.COc1cc(C(C)C)nnc1C(C)C.COc1nc(C(C)C)cnc1C(C)C. The van der Waals surface area contributed by atoms with Crippen LogP contribution in [0.1, 0.15) is 412 Å². The van der Waals surface area contributed by atoms with Crippen LogP contribution in [0, 0.1) is 0 Å². The standard InChI is InChI=1S/C14H18F2O.C13H16F2O2.C13H19N3.2C11H18N2O.2C10H16N2.C9H15N3/c1-8(2)10-5-6-11(9(3)4)13-12(10)14(15,16)7-17-13;1-7(2)9-5-6-10(8(3)4)12-11(9)16-13(14,15)17-12;1-8(2)10-6-7-11(9(3)4)13-12(10)14-15-16(13)5;1-7(2)9-6-12-10(8(3)4)11(13-9)14-5;1-7(2)9-6-10(14-5)11(8(3)4)13-12-9;1-7(2)9-5-12-10(6-11-9)8(3)4;1-7(2)9-5-6-10(8(3)4)12-11-9;1-6(2)8-5-10-9(7(3)4)12-11-8/h5-6,8-9H,7H2,1-4H3;5-8H,1-4H3;6-9H,1-5H3;2*6-8H,1-5H3;2*5-8H,1-4H3;5-7H,1-4H3. The number of nitrogens with zero attached hydrogens (tertiary/aromatic N) is 14. The van der Waals surface area contributed by atoms with Crippen molar-refractivity contribution in [1.29, 1.82) is 0 Å². The normalized spacial score (nSPS) is 13.0. The molecule has 0 aliphatic carbocycles. The Morgan fingerprint density at radius 3 is 1.11 bits per heavy atom. The van der Waals surface area contributed by atoms with E-state index in [0.717, 1.165) is 85.0 Å². The molecule has 628 valence electrons. The number of alkyl halides is 4. The Bertz CT molecular complexity index is 4070. The van der Waals surface area contributed by atoms with E-state index in [4.69, 9.17) is 14.2 Å². The molecule has 0 atom stereocenters. The minimum absolute atomic E-state index is 0.0811. The summed E-state index contributed by atoms with van der Waals surface area (Å²) in [6.07, 6.45) is 3.85. The Hall–Kier alpha value is -8.89. The van der Waals surface area contributed by atoms with Gasteiger partial charge < -0.3 is 23.7 Å². The van der Waals surface area contributed by atoms with E-state index in [1.54, 1.807) is 14.2 Å². The first-order valence-electron chi connectivity index (χ1n) is 40.7. The van der Waals surface area contributed by atoms with Crippen molar-refractivity contribution in [1.82, 2.24) is 70.5 Å². The summed E-state index contributed by atoms with van der Waals surface area (Å²) in [5, 5.41) is 33.2. The maximum atomic E-state index is 13.9. The van der Waals surface area contributed by atoms with Crippen molar-refractivity contribution in [2.75, 3.05) is 20.8 Å². The van der Waals surface area contributed by atoms with Crippen LogP contribution in [0.3, 0.4) is 0 Å². The summed E-state index contributed by atoms with van der Waals surface area (Å²) in [5.74, 6) is 5.88. The highest BCUT2D eigenvalue weighted by atomic mass is 19.3. The van der Waals surface area contributed by atoms with Gasteiger partial charge in [0.15, 0.2) is 23.9 Å². The molecule has 0 saturated carbocycles. The Balaban J connectivity index is 0.000000276. The van der Waals surface area contributed by atoms with Gasteiger partial charge >= 0.3 is 12.2 Å². The fourth-order valence-corrected chi connectivity index (χ4v) is 11.6. The summed E-state index contributed by atoms with van der Waals surface area (Å²) in [6, 6.07) is 17.9. The predicted octanol–water partition coefficient (Wildman–Crippen LogP) is 24.9. The lowest BCUT2D eigenvalue weighted by molar-refractivity contribution is -0.287. The molecule has 0 spiro atoms. The lowest BCUT2D eigenvalue weighted by atomic mass is 9.89. The third-order valence-corrected chi connectivity index (χ3v) is 18.9. The molecule has 6 aromatic heterocycles. The van der Waals surface area contributed by atoms with Crippen molar-refractivity contribution in [2.24, 2.45) is 7.05 Å². The maximum Gasteiger partial charge on any atom is 0.586 e. The number of methoxy groups -OCH3 is 2. The van der Waals surface area contributed by atoms with Crippen LogP contribution in [-0.2, 0) is 13.0 Å². The number of hydrogen-bond acceptors (Lipinski definition) is 18. The van der Waals surface area contributed by atoms with Gasteiger partial charge in [0.05, 0.1) is 71.4 Å². The summed E-state index contributed by atoms with van der Waals surface area (Å²) in [6.45, 7) is 65.9. The van der Waals surface area contributed by atoms with Gasteiger partial charge in [-0.15, -0.1) is 19.0 Å². The zero-order valence-corrected chi connectivity index (χ0v) is 75.3. The van der Waals surface area contributed by atoms with Crippen LogP contribution < -0.4 is 23.7 Å². The van der Waals surface area contributed by atoms with Crippen LogP contribution >= 0.6 is 0 Å². The number of fused-ring (bicyclic) bond motifs is 3. The largest absolute Gasteiger partial charge is 0.586 e. The first-order chi connectivity index (χ1) is 53.1. The van der Waals surface area contributed by atoms with Crippen molar-refractivity contribution >= 4 is 11.0 Å². The number of ether oxygens (including phenoxy) is 5. The van der Waals surface area contributed by atoms with Gasteiger partial charge in [-0.25, -0.2) is 14.6 Å². The van der Waals surface area contributed by atoms with Gasteiger partial charge in [0.2, 0.25) is 5.88 Å². The number of halogens is 4. The maximum absolute atomic E-state index is 13.9. The summed E-state index contributed by atoms with van der Waals surface area (Å²) in [4.78, 5) is 21.7. The van der Waals surface area contributed by atoms with Crippen LogP contribution in [0.15, 0.2) is 79.4 Å². The highest BCUT2D eigenvalue weighted by Gasteiger charge is 2.47. The minimum atomic E-state index is -3.54. The van der Waals surface area contributed by atoms with E-state index >= 15 is 0 Å². The quantitative estimate of drug-likeness (QED) is 0.0729. The van der Waals surface area contributed by atoms with Gasteiger partial charge in [-0.2, -0.15) is 34.3 Å². The van der Waals surface area contributed by atoms with Crippen molar-refractivity contribution < 1.29 is 41.2 Å². The number of aryl methyl sites for hydroxylation is 1. The molecule has 2 aliphatic rings. The molecule has 0 N–H and O–H groups in total. The van der Waals surface area contributed by atoms with Gasteiger partial charge in [-0.05, 0) is 111 Å². The summed E-state index contributed by atoms with van der Waals surface area (Å²) >= 11 is 0. The first-order valence-corrected chi connectivity index (χ1v) is 40.7. The molecule has 0 unspecified atom stereocenters. The molecule has 19 nitrogen and oxygen atoms in total. The molecule has 0 radical (unpaired) electrons. The second-order valence-electron chi connectivity index (χ2n) is 34.0. The van der Waals surface area contributed by atoms with Crippen LogP contribution in [-0.4, -0.2) is 97.6 Å². The van der Waals surface area contributed by atoms with E-state index in [0.29, 0.717) is 88.2 Å². The molecule has 8 heterocycles. The highest BCUT2D eigenvalue weighted by molar-refractivity contribution is 5.82. The summed E-state index contributed by atoms with van der Waals surface area (Å²) < 4.78 is 81.0. The van der Waals surface area contributed by atoms with Gasteiger partial charge in [0.25, 0.3) is 0 Å². The number of aromatic nitrogens is 14. The van der Waals surface area contributed by atoms with Crippen LogP contribution in [0.5, 0.6) is 28.9 Å². The van der Waals surface area contributed by atoms with E-state index in [2.05, 4.69) is 266 Å². The summed E-state index contributed by atoms with van der Waals surface area (Å²) in [5.41, 5.74) is 17.1. The molecule has 3 aromatic carbocycles. The Morgan fingerprint density at radius 1 is 0.351 bits per heavy atom. The Labute approximate surface area is 680 Å². The smallest absolute Gasteiger partial charge is 0.495 e. The summed E-state index contributed by atoms with van der Waals surface area (Å²) in [7, 11) is 5.28. The fraction of sp³-hybridized carbons (Fsp3) is 0.593. The molecule has 0 bridgehead atoms. The number of rotatable bonds is 18. The van der Waals surface area contributed by atoms with Crippen molar-refractivity contribution in [3.8, 4) is 28.9 Å². The number of benzene rings is 3. The lowest BCUT2D eigenvalue weighted by Crippen LogP contribution is -2.26. The molecule has 0 amide bonds. The van der Waals surface area contributed by atoms with Crippen LogP contribution in [0.2, 0.25) is 0 Å². The Kier molecular flexibility index (Phi) is 37.9. The monoisotopic (exact) mass is 1580 g/mol. The topological polar surface area (TPSA) is 219 Å². The van der Waals surface area contributed by atoms with E-state index < -0.39 is 18.8 Å². The van der Waals surface area contributed by atoms with Gasteiger partial charge in [0.1, 0.15) is 28.4 Å². The fourth-order valence-electron chi connectivity index (χ4n) is 11.6. The third kappa shape index (κ3) is 27.7. The zero-order valence-electron chi connectivity index (χ0n) is 75.3. The third-order valence-electron chi connectivity index (χ3n) is 18.9. The average molecular weight is 1580 g/mol. The van der Waals surface area contributed by atoms with E-state index in [1.807, 2.05) is 122 Å². The van der Waals surface area contributed by atoms with Gasteiger partial charge in [0, 0.05) is 60.6 Å². The molecular weight excluding hydrogens is 1450 g/mol. The van der Waals surface area contributed by atoms with Crippen LogP contribution in [0.25, 0.3) is 11.0 Å².